The molecule has 0 aromatic carbocycles. The minimum Gasteiger partial charge on any atom is -0.387 e. The average molecular weight is 192 g/mol. The van der Waals surface area contributed by atoms with Crippen LogP contribution in [0.25, 0.3) is 0 Å². The second-order valence-corrected chi connectivity index (χ2v) is 2.81. The molecule has 0 radical (unpaired) electrons. The van der Waals surface area contributed by atoms with Crippen LogP contribution < -0.4 is 0 Å². The molecule has 1 fully saturated rings. The molecular weight excluding hydrogens is 180 g/mol. The predicted molar refractivity (Wildman–Crippen MR) is 39.8 cm³/mol. The molecule has 0 saturated carbocycles. The molecule has 1 rings (SSSR count). The zero-order chi connectivity index (χ0) is 10.0. The van der Waals surface area contributed by atoms with Crippen molar-refractivity contribution in [2.24, 2.45) is 0 Å². The minimum absolute atomic E-state index is 0.353. The number of rotatable bonds is 2. The maximum Gasteiger partial charge on any atom is 0.186 e. The Morgan fingerprint density at radius 2 is 1.85 bits per heavy atom. The van der Waals surface area contributed by atoms with Crippen LogP contribution in [-0.2, 0) is 14.3 Å². The van der Waals surface area contributed by atoms with Crippen LogP contribution in [0, 0.1) is 0 Å². The Morgan fingerprint density at radius 3 is 2.31 bits per heavy atom. The Hall–Kier alpha value is -0.530. The van der Waals surface area contributed by atoms with Gasteiger partial charge in [0.2, 0.25) is 0 Å². The summed E-state index contributed by atoms with van der Waals surface area (Å²) in [5, 5.41) is 27.7. The lowest BCUT2D eigenvalue weighted by atomic mass is 10.00. The summed E-state index contributed by atoms with van der Waals surface area (Å²) >= 11 is 0. The monoisotopic (exact) mass is 192 g/mol. The number of hydrogen-bond acceptors (Lipinski definition) is 6. The van der Waals surface area contributed by atoms with E-state index in [1.165, 1.54) is 7.11 Å². The molecule has 0 spiro atoms. The SMILES string of the molecule is CO[C@@H]1OC(C=O)[C@@H](O)C(O)[C@@H]1O. The topological polar surface area (TPSA) is 96.2 Å². The molecule has 6 nitrogen and oxygen atoms in total. The Bertz CT molecular complexity index is 182. The van der Waals surface area contributed by atoms with Gasteiger partial charge in [-0.05, 0) is 0 Å². The van der Waals surface area contributed by atoms with Crippen LogP contribution in [0.2, 0.25) is 0 Å². The second kappa shape index (κ2) is 4.12. The molecule has 0 aromatic rings. The first-order chi connectivity index (χ1) is 6.11. The quantitative estimate of drug-likeness (QED) is 0.423. The summed E-state index contributed by atoms with van der Waals surface area (Å²) in [5.41, 5.74) is 0. The first-order valence-corrected chi connectivity index (χ1v) is 3.79. The lowest BCUT2D eigenvalue weighted by molar-refractivity contribution is -0.280. The van der Waals surface area contributed by atoms with E-state index < -0.39 is 30.7 Å². The molecule has 13 heavy (non-hydrogen) atoms. The third-order valence-corrected chi connectivity index (χ3v) is 1.97. The van der Waals surface area contributed by atoms with Gasteiger partial charge in [-0.2, -0.15) is 0 Å². The smallest absolute Gasteiger partial charge is 0.186 e. The highest BCUT2D eigenvalue weighted by molar-refractivity contribution is 5.57. The van der Waals surface area contributed by atoms with Crippen molar-refractivity contribution < 1.29 is 29.6 Å². The van der Waals surface area contributed by atoms with Gasteiger partial charge in [0.15, 0.2) is 12.6 Å². The predicted octanol–water partition coefficient (Wildman–Crippen LogP) is -2.36. The van der Waals surface area contributed by atoms with E-state index in [2.05, 4.69) is 4.74 Å². The van der Waals surface area contributed by atoms with Gasteiger partial charge in [-0.15, -0.1) is 0 Å². The van der Waals surface area contributed by atoms with E-state index in [0.717, 1.165) is 0 Å². The zero-order valence-corrected chi connectivity index (χ0v) is 7.03. The highest BCUT2D eigenvalue weighted by atomic mass is 16.7. The van der Waals surface area contributed by atoms with E-state index in [1.54, 1.807) is 0 Å². The molecule has 1 aliphatic rings. The Balaban J connectivity index is 2.71. The Morgan fingerprint density at radius 1 is 1.23 bits per heavy atom. The summed E-state index contributed by atoms with van der Waals surface area (Å²) in [7, 11) is 1.26. The maximum absolute atomic E-state index is 10.4. The van der Waals surface area contributed by atoms with E-state index in [-0.39, 0.29) is 0 Å². The number of carbonyl (C=O) groups excluding carboxylic acids is 1. The van der Waals surface area contributed by atoms with E-state index in [9.17, 15) is 20.1 Å². The van der Waals surface area contributed by atoms with Gasteiger partial charge < -0.3 is 29.6 Å². The molecule has 2 unspecified atom stereocenters. The highest BCUT2D eigenvalue weighted by Crippen LogP contribution is 2.20. The first-order valence-electron chi connectivity index (χ1n) is 3.79. The number of carbonyl (C=O) groups is 1. The zero-order valence-electron chi connectivity index (χ0n) is 7.03. The summed E-state index contributed by atoms with van der Waals surface area (Å²) < 4.78 is 9.48. The van der Waals surface area contributed by atoms with Crippen molar-refractivity contribution in [3.63, 3.8) is 0 Å². The first kappa shape index (κ1) is 10.6. The standard InChI is InChI=1S/C7H12O6/c1-12-7-6(11)5(10)4(9)3(2-8)13-7/h2-7,9-11H,1H3/t3?,4-,5?,6+,7-/m1/s1. The minimum atomic E-state index is -1.44. The van der Waals surface area contributed by atoms with Gasteiger partial charge in [0.1, 0.15) is 24.4 Å². The van der Waals surface area contributed by atoms with Crippen molar-refractivity contribution >= 4 is 6.29 Å². The van der Waals surface area contributed by atoms with Crippen molar-refractivity contribution in [3.05, 3.63) is 0 Å². The summed E-state index contributed by atoms with van der Waals surface area (Å²) in [4.78, 5) is 10.4. The number of aliphatic hydroxyl groups is 3. The summed E-state index contributed by atoms with van der Waals surface area (Å²) in [5.74, 6) is 0. The lowest BCUT2D eigenvalue weighted by Gasteiger charge is -2.37. The van der Waals surface area contributed by atoms with Gasteiger partial charge >= 0.3 is 0 Å². The molecule has 6 heteroatoms. The Labute approximate surface area is 74.7 Å². The van der Waals surface area contributed by atoms with Gasteiger partial charge in [0, 0.05) is 7.11 Å². The molecular formula is C7H12O6. The van der Waals surface area contributed by atoms with Gasteiger partial charge in [0.25, 0.3) is 0 Å². The Kier molecular flexibility index (Phi) is 3.34. The molecule has 76 valence electrons. The van der Waals surface area contributed by atoms with Crippen LogP contribution in [0.15, 0.2) is 0 Å². The molecule has 1 heterocycles. The third-order valence-electron chi connectivity index (χ3n) is 1.97. The van der Waals surface area contributed by atoms with Gasteiger partial charge in [0.05, 0.1) is 0 Å². The van der Waals surface area contributed by atoms with Crippen molar-refractivity contribution in [2.45, 2.75) is 30.7 Å². The van der Waals surface area contributed by atoms with Crippen LogP contribution >= 0.6 is 0 Å². The van der Waals surface area contributed by atoms with Gasteiger partial charge in [-0.3, -0.25) is 0 Å². The van der Waals surface area contributed by atoms with E-state index >= 15 is 0 Å². The van der Waals surface area contributed by atoms with Crippen molar-refractivity contribution in [1.82, 2.24) is 0 Å². The number of hydrogen-bond donors (Lipinski definition) is 3. The normalized spacial score (nSPS) is 46.0. The van der Waals surface area contributed by atoms with E-state index in [4.69, 9.17) is 4.74 Å². The summed E-state index contributed by atoms with van der Waals surface area (Å²) in [6.45, 7) is 0. The van der Waals surface area contributed by atoms with Crippen LogP contribution in [0.5, 0.6) is 0 Å². The summed E-state index contributed by atoms with van der Waals surface area (Å²) in [6.07, 6.45) is -6.10. The van der Waals surface area contributed by atoms with E-state index in [0.29, 0.717) is 6.29 Å². The van der Waals surface area contributed by atoms with Crippen LogP contribution in [0.3, 0.4) is 0 Å². The van der Waals surface area contributed by atoms with Crippen molar-refractivity contribution in [2.75, 3.05) is 7.11 Å². The third kappa shape index (κ3) is 1.87. The van der Waals surface area contributed by atoms with Crippen LogP contribution in [-0.4, -0.2) is 59.4 Å². The molecule has 1 aliphatic heterocycles. The number of ether oxygens (including phenoxy) is 2. The maximum atomic E-state index is 10.4. The number of aliphatic hydroxyl groups excluding tert-OH is 3. The molecule has 5 atom stereocenters. The molecule has 1 saturated heterocycles. The van der Waals surface area contributed by atoms with E-state index in [1.807, 2.05) is 0 Å². The molecule has 0 aliphatic carbocycles. The van der Waals surface area contributed by atoms with Crippen LogP contribution in [0.1, 0.15) is 0 Å². The second-order valence-electron chi connectivity index (χ2n) is 2.81. The largest absolute Gasteiger partial charge is 0.387 e. The van der Waals surface area contributed by atoms with Crippen LogP contribution in [0.4, 0.5) is 0 Å². The van der Waals surface area contributed by atoms with Crippen molar-refractivity contribution in [3.8, 4) is 0 Å². The fourth-order valence-electron chi connectivity index (χ4n) is 1.18. The lowest BCUT2D eigenvalue weighted by Crippen LogP contribution is -2.58. The fraction of sp³-hybridized carbons (Fsp3) is 0.857. The number of aldehydes is 1. The highest BCUT2D eigenvalue weighted by Gasteiger charge is 2.43. The molecule has 3 N–H and O–H groups in total. The van der Waals surface area contributed by atoms with Gasteiger partial charge in [-0.1, -0.05) is 0 Å². The molecule has 0 bridgehead atoms. The number of methoxy groups -OCH3 is 1. The fourth-order valence-corrected chi connectivity index (χ4v) is 1.18. The molecule has 0 amide bonds. The molecule has 0 aromatic heterocycles. The summed E-state index contributed by atoms with van der Waals surface area (Å²) in [6, 6.07) is 0. The van der Waals surface area contributed by atoms with Crippen molar-refractivity contribution in [1.29, 1.82) is 0 Å². The van der Waals surface area contributed by atoms with Gasteiger partial charge in [-0.25, -0.2) is 0 Å². The average Bonchev–Trinajstić information content (AvgIpc) is 2.15.